The fourth-order valence-corrected chi connectivity index (χ4v) is 4.12. The molecule has 3 aromatic rings. The molecule has 2 heterocycles. The molecule has 0 saturated carbocycles. The fraction of sp³-hybridized carbons (Fsp3) is 0.400. The number of piperazine rings is 1. The molecule has 1 aromatic heterocycles. The van der Waals surface area contributed by atoms with Gasteiger partial charge in [0.2, 0.25) is 11.3 Å². The minimum atomic E-state index is -0.0897. The van der Waals surface area contributed by atoms with Gasteiger partial charge in [-0.1, -0.05) is 50.2 Å². The van der Waals surface area contributed by atoms with E-state index in [1.807, 2.05) is 23.1 Å². The summed E-state index contributed by atoms with van der Waals surface area (Å²) in [7, 11) is 0. The van der Waals surface area contributed by atoms with Crippen LogP contribution in [0.25, 0.3) is 10.9 Å². The molecule has 1 saturated heterocycles. The van der Waals surface area contributed by atoms with E-state index in [1.165, 1.54) is 17.3 Å². The summed E-state index contributed by atoms with van der Waals surface area (Å²) in [6.07, 6.45) is 1.72. The number of para-hydroxylation sites is 1. The third-order valence-corrected chi connectivity index (χ3v) is 6.08. The number of rotatable bonds is 6. The molecule has 6 nitrogen and oxygen atoms in total. The Morgan fingerprint density at radius 3 is 2.42 bits per heavy atom. The van der Waals surface area contributed by atoms with Gasteiger partial charge in [-0.15, -0.1) is 0 Å². The van der Waals surface area contributed by atoms with Crippen LogP contribution in [0.1, 0.15) is 37.3 Å². The van der Waals surface area contributed by atoms with Gasteiger partial charge in [-0.25, -0.2) is 0 Å². The van der Waals surface area contributed by atoms with Crippen molar-refractivity contribution in [3.8, 4) is 0 Å². The normalized spacial score (nSPS) is 15.0. The molecule has 1 amide bonds. The summed E-state index contributed by atoms with van der Waals surface area (Å²) in [5.41, 5.74) is 3.37. The molecule has 0 bridgehead atoms. The minimum absolute atomic E-state index is 0.0897. The van der Waals surface area contributed by atoms with E-state index in [2.05, 4.69) is 48.1 Å². The molecule has 4 rings (SSSR count). The van der Waals surface area contributed by atoms with Crippen LogP contribution in [0.15, 0.2) is 59.5 Å². The van der Waals surface area contributed by atoms with Crippen molar-refractivity contribution in [3.63, 3.8) is 0 Å². The van der Waals surface area contributed by atoms with Crippen LogP contribution in [0.4, 0.5) is 0 Å². The van der Waals surface area contributed by atoms with Gasteiger partial charge in [0.25, 0.3) is 0 Å². The average Bonchev–Trinajstić information content (AvgIpc) is 2.79. The molecule has 1 aliphatic heterocycles. The lowest BCUT2D eigenvalue weighted by Gasteiger charge is -2.35. The third-order valence-electron chi connectivity index (χ3n) is 6.08. The van der Waals surface area contributed by atoms with E-state index in [-0.39, 0.29) is 11.3 Å². The molecular formula is C25H30N4O2. The molecule has 0 spiro atoms. The zero-order valence-electron chi connectivity index (χ0n) is 18.3. The largest absolute Gasteiger partial charge is 0.340 e. The zero-order chi connectivity index (χ0) is 21.8. The standard InChI is InChI=1S/C25H30N4O2/c1-19(2)21-9-7-20(8-10-21)18-27-13-15-28(16-14-27)25(31)11-12-29-23-6-4-3-5-22(23)24(30)17-26-29/h3-10,17,19H,11-16,18H2,1-2H3. The summed E-state index contributed by atoms with van der Waals surface area (Å²) in [4.78, 5) is 29.1. The van der Waals surface area contributed by atoms with E-state index in [1.54, 1.807) is 10.7 Å². The van der Waals surface area contributed by atoms with Crippen LogP contribution in [0.5, 0.6) is 0 Å². The van der Waals surface area contributed by atoms with E-state index in [0.717, 1.165) is 38.2 Å². The molecule has 6 heteroatoms. The number of hydrogen-bond donors (Lipinski definition) is 0. The predicted molar refractivity (Wildman–Crippen MR) is 123 cm³/mol. The second-order valence-corrected chi connectivity index (χ2v) is 8.55. The summed E-state index contributed by atoms with van der Waals surface area (Å²) in [6, 6.07) is 16.3. The fourth-order valence-electron chi connectivity index (χ4n) is 4.12. The molecule has 1 aliphatic rings. The minimum Gasteiger partial charge on any atom is -0.340 e. The van der Waals surface area contributed by atoms with Crippen molar-refractivity contribution in [2.75, 3.05) is 26.2 Å². The van der Waals surface area contributed by atoms with Gasteiger partial charge in [-0.2, -0.15) is 5.10 Å². The van der Waals surface area contributed by atoms with Crippen LogP contribution in [0.3, 0.4) is 0 Å². The van der Waals surface area contributed by atoms with Gasteiger partial charge in [0.05, 0.1) is 18.3 Å². The maximum Gasteiger partial charge on any atom is 0.224 e. The van der Waals surface area contributed by atoms with Gasteiger partial charge >= 0.3 is 0 Å². The van der Waals surface area contributed by atoms with Crippen LogP contribution in [0.2, 0.25) is 0 Å². The summed E-state index contributed by atoms with van der Waals surface area (Å²) >= 11 is 0. The molecule has 0 radical (unpaired) electrons. The van der Waals surface area contributed by atoms with Gasteiger partial charge in [0.1, 0.15) is 0 Å². The first kappa shape index (κ1) is 21.2. The van der Waals surface area contributed by atoms with Crippen molar-refractivity contribution in [1.29, 1.82) is 0 Å². The number of carbonyl (C=O) groups excluding carboxylic acids is 1. The van der Waals surface area contributed by atoms with Crippen molar-refractivity contribution >= 4 is 16.8 Å². The molecule has 31 heavy (non-hydrogen) atoms. The van der Waals surface area contributed by atoms with E-state index in [4.69, 9.17) is 0 Å². The van der Waals surface area contributed by atoms with Crippen LogP contribution < -0.4 is 5.43 Å². The van der Waals surface area contributed by atoms with Crippen molar-refractivity contribution in [2.45, 2.75) is 39.3 Å². The average molecular weight is 419 g/mol. The molecule has 162 valence electrons. The van der Waals surface area contributed by atoms with Gasteiger partial charge in [0, 0.05) is 44.5 Å². The van der Waals surface area contributed by atoms with E-state index >= 15 is 0 Å². The molecular weight excluding hydrogens is 388 g/mol. The van der Waals surface area contributed by atoms with Crippen molar-refractivity contribution < 1.29 is 4.79 Å². The summed E-state index contributed by atoms with van der Waals surface area (Å²) in [5.74, 6) is 0.693. The second-order valence-electron chi connectivity index (χ2n) is 8.55. The maximum absolute atomic E-state index is 12.7. The lowest BCUT2D eigenvalue weighted by atomic mass is 10.0. The summed E-state index contributed by atoms with van der Waals surface area (Å²) in [6.45, 7) is 9.09. The first-order valence-electron chi connectivity index (χ1n) is 11.0. The summed E-state index contributed by atoms with van der Waals surface area (Å²) in [5, 5.41) is 4.86. The highest BCUT2D eigenvalue weighted by Crippen LogP contribution is 2.16. The number of fused-ring (bicyclic) bond motifs is 1. The molecule has 1 fully saturated rings. The van der Waals surface area contributed by atoms with Crippen molar-refractivity contribution in [3.05, 3.63) is 76.1 Å². The van der Waals surface area contributed by atoms with Crippen LogP contribution in [-0.2, 0) is 17.9 Å². The lowest BCUT2D eigenvalue weighted by Crippen LogP contribution is -2.48. The van der Waals surface area contributed by atoms with Gasteiger partial charge in [-0.3, -0.25) is 19.2 Å². The van der Waals surface area contributed by atoms with Gasteiger partial charge in [0.15, 0.2) is 0 Å². The number of benzene rings is 2. The molecule has 0 unspecified atom stereocenters. The quantitative estimate of drug-likeness (QED) is 0.617. The topological polar surface area (TPSA) is 58.4 Å². The Kier molecular flexibility index (Phi) is 6.47. The molecule has 0 atom stereocenters. The Bertz CT molecular complexity index is 1100. The number of nitrogens with zero attached hydrogens (tertiary/aromatic N) is 4. The highest BCUT2D eigenvalue weighted by Gasteiger charge is 2.21. The first-order chi connectivity index (χ1) is 15.0. The number of hydrogen-bond acceptors (Lipinski definition) is 4. The summed E-state index contributed by atoms with van der Waals surface area (Å²) < 4.78 is 1.76. The third kappa shape index (κ3) is 5.02. The lowest BCUT2D eigenvalue weighted by molar-refractivity contribution is -0.133. The SMILES string of the molecule is CC(C)c1ccc(CN2CCN(C(=O)CCn3ncc(=O)c4ccccc43)CC2)cc1. The highest BCUT2D eigenvalue weighted by atomic mass is 16.2. The second kappa shape index (κ2) is 9.43. The van der Waals surface area contributed by atoms with E-state index < -0.39 is 0 Å². The van der Waals surface area contributed by atoms with E-state index in [9.17, 15) is 9.59 Å². The Hall–Kier alpha value is -2.99. The number of amides is 1. The molecule has 2 aromatic carbocycles. The Labute approximate surface area is 183 Å². The zero-order valence-corrected chi connectivity index (χ0v) is 18.3. The number of carbonyl (C=O) groups is 1. The Balaban J connectivity index is 1.29. The first-order valence-corrected chi connectivity index (χ1v) is 11.0. The van der Waals surface area contributed by atoms with Crippen LogP contribution in [0, 0.1) is 0 Å². The molecule has 0 aliphatic carbocycles. The van der Waals surface area contributed by atoms with Gasteiger partial charge < -0.3 is 4.90 Å². The number of aromatic nitrogens is 2. The smallest absolute Gasteiger partial charge is 0.224 e. The highest BCUT2D eigenvalue weighted by molar-refractivity contribution is 5.79. The van der Waals surface area contributed by atoms with Gasteiger partial charge in [-0.05, 0) is 29.2 Å². The monoisotopic (exact) mass is 418 g/mol. The predicted octanol–water partition coefficient (Wildman–Crippen LogP) is 3.25. The Morgan fingerprint density at radius 1 is 1.00 bits per heavy atom. The number of aryl methyl sites for hydroxylation is 1. The van der Waals surface area contributed by atoms with E-state index in [0.29, 0.717) is 24.3 Å². The van der Waals surface area contributed by atoms with Crippen LogP contribution in [-0.4, -0.2) is 51.7 Å². The van der Waals surface area contributed by atoms with Crippen LogP contribution >= 0.6 is 0 Å². The Morgan fingerprint density at radius 2 is 1.71 bits per heavy atom. The van der Waals surface area contributed by atoms with Crippen molar-refractivity contribution in [2.24, 2.45) is 0 Å². The van der Waals surface area contributed by atoms with Crippen molar-refractivity contribution in [1.82, 2.24) is 19.6 Å². The maximum atomic E-state index is 12.7. The molecule has 0 N–H and O–H groups in total.